The lowest BCUT2D eigenvalue weighted by atomic mass is 10.0. The van der Waals surface area contributed by atoms with Gasteiger partial charge in [0, 0.05) is 36.3 Å². The number of nitrogens with one attached hydrogen (secondary N) is 1. The van der Waals surface area contributed by atoms with Crippen LogP contribution in [-0.4, -0.2) is 37.6 Å². The Hall–Kier alpha value is -1.39. The number of likely N-dealkylation sites (N-methyl/N-ethyl adjacent to an activating group) is 1. The second-order valence-electron chi connectivity index (χ2n) is 4.75. The van der Waals surface area contributed by atoms with E-state index in [2.05, 4.69) is 9.88 Å². The Kier molecular flexibility index (Phi) is 3.99. The van der Waals surface area contributed by atoms with Crippen LogP contribution in [0.1, 0.15) is 11.1 Å². The first-order valence-corrected chi connectivity index (χ1v) is 6.04. The van der Waals surface area contributed by atoms with Gasteiger partial charge < -0.3 is 14.6 Å². The molecule has 4 heteroatoms. The summed E-state index contributed by atoms with van der Waals surface area (Å²) in [6.07, 6.45) is 2.86. The smallest absolute Gasteiger partial charge is 0.129 e. The molecule has 1 N–H and O–H groups in total. The molecule has 3 nitrogen and oxygen atoms in total. The van der Waals surface area contributed by atoms with Crippen molar-refractivity contribution >= 4 is 10.9 Å². The van der Waals surface area contributed by atoms with Gasteiger partial charge in [0.2, 0.25) is 0 Å². The number of aromatic nitrogens is 1. The average Bonchev–Trinajstić information content (AvgIpc) is 2.73. The standard InChI is InChI=1S/C14H19FN2O/c1-17(2)7-6-10-8-16-13-5-4-12(15)11(9-18-3)14(10)13/h4-5,8,16H,6-7,9H2,1-3H3. The van der Waals surface area contributed by atoms with Gasteiger partial charge in [0.15, 0.2) is 0 Å². The molecule has 0 atom stereocenters. The van der Waals surface area contributed by atoms with E-state index in [1.807, 2.05) is 20.3 Å². The second-order valence-corrected chi connectivity index (χ2v) is 4.75. The molecule has 0 saturated heterocycles. The van der Waals surface area contributed by atoms with Crippen molar-refractivity contribution in [3.05, 3.63) is 35.3 Å². The molecule has 0 amide bonds. The van der Waals surface area contributed by atoms with Crippen LogP contribution in [0.4, 0.5) is 4.39 Å². The summed E-state index contributed by atoms with van der Waals surface area (Å²) in [6.45, 7) is 1.24. The molecule has 1 aromatic carbocycles. The number of halogens is 1. The first kappa shape index (κ1) is 13.1. The van der Waals surface area contributed by atoms with E-state index in [0.717, 1.165) is 29.4 Å². The molecule has 0 aliphatic heterocycles. The first-order valence-electron chi connectivity index (χ1n) is 6.04. The van der Waals surface area contributed by atoms with E-state index < -0.39 is 0 Å². The van der Waals surface area contributed by atoms with Crippen molar-refractivity contribution < 1.29 is 9.13 Å². The number of rotatable bonds is 5. The van der Waals surface area contributed by atoms with E-state index in [9.17, 15) is 4.39 Å². The van der Waals surface area contributed by atoms with Gasteiger partial charge in [-0.1, -0.05) is 0 Å². The highest BCUT2D eigenvalue weighted by molar-refractivity contribution is 5.86. The van der Waals surface area contributed by atoms with Crippen molar-refractivity contribution in [3.63, 3.8) is 0 Å². The van der Waals surface area contributed by atoms with Crippen LogP contribution in [0, 0.1) is 5.82 Å². The third-order valence-electron chi connectivity index (χ3n) is 3.10. The van der Waals surface area contributed by atoms with Gasteiger partial charge in [-0.2, -0.15) is 0 Å². The molecular weight excluding hydrogens is 231 g/mol. The lowest BCUT2D eigenvalue weighted by molar-refractivity contribution is 0.182. The minimum Gasteiger partial charge on any atom is -0.380 e. The summed E-state index contributed by atoms with van der Waals surface area (Å²) in [4.78, 5) is 5.32. The summed E-state index contributed by atoms with van der Waals surface area (Å²) in [6, 6.07) is 3.27. The number of hydrogen-bond acceptors (Lipinski definition) is 2. The normalized spacial score (nSPS) is 11.6. The number of aromatic amines is 1. The maximum Gasteiger partial charge on any atom is 0.129 e. The average molecular weight is 250 g/mol. The Morgan fingerprint density at radius 2 is 2.11 bits per heavy atom. The molecule has 0 aliphatic carbocycles. The maximum absolute atomic E-state index is 13.9. The highest BCUT2D eigenvalue weighted by Crippen LogP contribution is 2.26. The van der Waals surface area contributed by atoms with Crippen LogP contribution >= 0.6 is 0 Å². The second kappa shape index (κ2) is 5.50. The third-order valence-corrected chi connectivity index (χ3v) is 3.10. The predicted molar refractivity (Wildman–Crippen MR) is 71.2 cm³/mol. The van der Waals surface area contributed by atoms with Crippen molar-refractivity contribution in [1.29, 1.82) is 0 Å². The molecule has 0 radical (unpaired) electrons. The van der Waals surface area contributed by atoms with E-state index in [0.29, 0.717) is 12.2 Å². The van der Waals surface area contributed by atoms with Gasteiger partial charge >= 0.3 is 0 Å². The lowest BCUT2D eigenvalue weighted by Gasteiger charge is -2.10. The van der Waals surface area contributed by atoms with Gasteiger partial charge in [0.25, 0.3) is 0 Å². The maximum atomic E-state index is 13.9. The molecule has 2 aromatic rings. The Morgan fingerprint density at radius 3 is 2.78 bits per heavy atom. The van der Waals surface area contributed by atoms with Gasteiger partial charge in [0.1, 0.15) is 5.82 Å². The molecule has 0 saturated carbocycles. The van der Waals surface area contributed by atoms with Crippen molar-refractivity contribution in [2.45, 2.75) is 13.0 Å². The molecule has 0 unspecified atom stereocenters. The fourth-order valence-electron chi connectivity index (χ4n) is 2.17. The molecule has 0 fully saturated rings. The van der Waals surface area contributed by atoms with Crippen LogP contribution in [0.5, 0.6) is 0 Å². The SMILES string of the molecule is COCc1c(F)ccc2[nH]cc(CCN(C)C)c12. The number of nitrogens with zero attached hydrogens (tertiary/aromatic N) is 1. The highest BCUT2D eigenvalue weighted by atomic mass is 19.1. The van der Waals surface area contributed by atoms with Crippen LogP contribution in [-0.2, 0) is 17.8 Å². The topological polar surface area (TPSA) is 28.3 Å². The zero-order valence-electron chi connectivity index (χ0n) is 11.1. The summed E-state index contributed by atoms with van der Waals surface area (Å²) >= 11 is 0. The summed E-state index contributed by atoms with van der Waals surface area (Å²) in [7, 11) is 5.65. The molecule has 0 aliphatic rings. The van der Waals surface area contributed by atoms with Crippen LogP contribution < -0.4 is 0 Å². The van der Waals surface area contributed by atoms with E-state index in [1.165, 1.54) is 6.07 Å². The summed E-state index contributed by atoms with van der Waals surface area (Å²) < 4.78 is 19.0. The van der Waals surface area contributed by atoms with Crippen molar-refractivity contribution in [1.82, 2.24) is 9.88 Å². The zero-order chi connectivity index (χ0) is 13.1. The van der Waals surface area contributed by atoms with E-state index in [-0.39, 0.29) is 5.82 Å². The van der Waals surface area contributed by atoms with Crippen LogP contribution in [0.3, 0.4) is 0 Å². The fourth-order valence-corrected chi connectivity index (χ4v) is 2.17. The van der Waals surface area contributed by atoms with E-state index >= 15 is 0 Å². The van der Waals surface area contributed by atoms with E-state index in [1.54, 1.807) is 13.2 Å². The minimum absolute atomic E-state index is 0.199. The lowest BCUT2D eigenvalue weighted by Crippen LogP contribution is -2.15. The van der Waals surface area contributed by atoms with Gasteiger partial charge in [-0.15, -0.1) is 0 Å². The number of hydrogen-bond donors (Lipinski definition) is 1. The number of methoxy groups -OCH3 is 1. The monoisotopic (exact) mass is 250 g/mol. The van der Waals surface area contributed by atoms with Gasteiger partial charge in [-0.05, 0) is 38.2 Å². The number of fused-ring (bicyclic) bond motifs is 1. The fraction of sp³-hybridized carbons (Fsp3) is 0.429. The molecule has 2 rings (SSSR count). The Morgan fingerprint density at radius 1 is 1.33 bits per heavy atom. The van der Waals surface area contributed by atoms with Crippen molar-refractivity contribution in [2.24, 2.45) is 0 Å². The summed E-state index contributed by atoms with van der Waals surface area (Å²) in [5.41, 5.74) is 2.76. The molecule has 1 heterocycles. The van der Waals surface area contributed by atoms with E-state index in [4.69, 9.17) is 4.74 Å². The Balaban J connectivity index is 2.44. The summed E-state index contributed by atoms with van der Waals surface area (Å²) in [5.74, 6) is -0.199. The number of benzene rings is 1. The predicted octanol–water partition coefficient (Wildman–Crippen LogP) is 2.56. The molecule has 1 aromatic heterocycles. The number of H-pyrrole nitrogens is 1. The Labute approximate surface area is 107 Å². The van der Waals surface area contributed by atoms with Crippen molar-refractivity contribution in [3.8, 4) is 0 Å². The molecule has 0 bridgehead atoms. The van der Waals surface area contributed by atoms with Gasteiger partial charge in [-0.25, -0.2) is 4.39 Å². The van der Waals surface area contributed by atoms with Gasteiger partial charge in [0.05, 0.1) is 6.61 Å². The molecule has 98 valence electrons. The van der Waals surface area contributed by atoms with Crippen LogP contribution in [0.25, 0.3) is 10.9 Å². The molecule has 0 spiro atoms. The first-order chi connectivity index (χ1) is 8.63. The quantitative estimate of drug-likeness (QED) is 0.883. The zero-order valence-corrected chi connectivity index (χ0v) is 11.1. The highest BCUT2D eigenvalue weighted by Gasteiger charge is 2.13. The summed E-state index contributed by atoms with van der Waals surface area (Å²) in [5, 5.41) is 0.971. The third kappa shape index (κ3) is 2.54. The largest absolute Gasteiger partial charge is 0.380 e. The van der Waals surface area contributed by atoms with Gasteiger partial charge in [-0.3, -0.25) is 0 Å². The Bertz CT molecular complexity index is 534. The van der Waals surface area contributed by atoms with Crippen LogP contribution in [0.15, 0.2) is 18.3 Å². The van der Waals surface area contributed by atoms with Crippen molar-refractivity contribution in [2.75, 3.05) is 27.7 Å². The number of ether oxygens (including phenoxy) is 1. The molecule has 18 heavy (non-hydrogen) atoms. The molecular formula is C14H19FN2O. The minimum atomic E-state index is -0.199. The van der Waals surface area contributed by atoms with Crippen LogP contribution in [0.2, 0.25) is 0 Å².